The van der Waals surface area contributed by atoms with Gasteiger partial charge in [-0.2, -0.15) is 0 Å². The molecule has 0 bridgehead atoms. The number of ether oxygens (including phenoxy) is 2. The summed E-state index contributed by atoms with van der Waals surface area (Å²) in [7, 11) is 0. The van der Waals surface area contributed by atoms with Crippen LogP contribution in [0.2, 0.25) is 0 Å². The lowest BCUT2D eigenvalue weighted by molar-refractivity contribution is -0.229. The number of esters is 2. The van der Waals surface area contributed by atoms with Crippen molar-refractivity contribution in [3.8, 4) is 0 Å². The molecule has 0 rings (SSSR count). The van der Waals surface area contributed by atoms with Crippen LogP contribution in [0.3, 0.4) is 0 Å². The number of unbranched alkanes of at least 4 members (excludes halogenated alkanes) is 4. The van der Waals surface area contributed by atoms with Crippen molar-refractivity contribution in [3.63, 3.8) is 0 Å². The van der Waals surface area contributed by atoms with E-state index in [1.807, 2.05) is 0 Å². The largest absolute Gasteiger partial charge is 0.457 e. The van der Waals surface area contributed by atoms with Gasteiger partial charge in [0.2, 0.25) is 0 Å². The van der Waals surface area contributed by atoms with E-state index in [0.29, 0.717) is 6.42 Å². The van der Waals surface area contributed by atoms with Crippen molar-refractivity contribution in [1.29, 1.82) is 0 Å². The number of hydrogen-bond donors (Lipinski definition) is 4. The minimum Gasteiger partial charge on any atom is -0.457 e. The van der Waals surface area contributed by atoms with Crippen LogP contribution < -0.4 is 0 Å². The van der Waals surface area contributed by atoms with Crippen LogP contribution in [-0.4, -0.2) is 51.2 Å². The van der Waals surface area contributed by atoms with E-state index in [4.69, 9.17) is 14.9 Å². The van der Waals surface area contributed by atoms with Crippen molar-refractivity contribution in [2.75, 3.05) is 0 Å². The second kappa shape index (κ2) is 13.2. The van der Waals surface area contributed by atoms with E-state index in [1.54, 1.807) is 0 Å². The van der Waals surface area contributed by atoms with Crippen molar-refractivity contribution in [2.45, 2.75) is 83.6 Å². The summed E-state index contributed by atoms with van der Waals surface area (Å²) in [5, 5.41) is 35.3. The predicted molar refractivity (Wildman–Crippen MR) is 79.7 cm³/mol. The Morgan fingerprint density at radius 3 is 1.96 bits per heavy atom. The number of hydrogen-bond acceptors (Lipinski definition) is 8. The van der Waals surface area contributed by atoms with E-state index >= 15 is 0 Å². The van der Waals surface area contributed by atoms with Crippen LogP contribution in [0.15, 0.2) is 0 Å². The van der Waals surface area contributed by atoms with Gasteiger partial charge in [-0.3, -0.25) is 9.59 Å². The molecular formula is C15H28O8. The van der Waals surface area contributed by atoms with Gasteiger partial charge in [0.05, 0.1) is 0 Å². The second-order valence-corrected chi connectivity index (χ2v) is 5.31. The smallest absolute Gasteiger partial charge is 0.313 e. The summed E-state index contributed by atoms with van der Waals surface area (Å²) in [5.74, 6) is -1.35. The van der Waals surface area contributed by atoms with E-state index in [2.05, 4.69) is 11.7 Å². The Kier molecular flexibility index (Phi) is 12.5. The minimum absolute atomic E-state index is 0.0515. The SMILES string of the molecule is CCCCCCCC(=O)OC(CCCC(=O)OC(O)O)C(O)O. The molecule has 0 aromatic carbocycles. The molecule has 0 heterocycles. The third kappa shape index (κ3) is 13.0. The van der Waals surface area contributed by atoms with Crippen molar-refractivity contribution in [1.82, 2.24) is 0 Å². The van der Waals surface area contributed by atoms with Gasteiger partial charge in [-0.05, 0) is 19.3 Å². The van der Waals surface area contributed by atoms with Crippen LogP contribution in [0.1, 0.15) is 64.7 Å². The third-order valence-electron chi connectivity index (χ3n) is 3.21. The first kappa shape index (κ1) is 21.8. The van der Waals surface area contributed by atoms with Gasteiger partial charge in [0, 0.05) is 12.8 Å². The van der Waals surface area contributed by atoms with Gasteiger partial charge < -0.3 is 29.9 Å². The highest BCUT2D eigenvalue weighted by Crippen LogP contribution is 2.12. The fraction of sp³-hybridized carbons (Fsp3) is 0.867. The summed E-state index contributed by atoms with van der Waals surface area (Å²) in [6.07, 6.45) is 2.19. The number of aliphatic hydroxyl groups is 4. The summed E-state index contributed by atoms with van der Waals surface area (Å²) in [6, 6.07) is 0. The molecule has 136 valence electrons. The normalized spacial score (nSPS) is 12.5. The lowest BCUT2D eigenvalue weighted by Crippen LogP contribution is -2.31. The lowest BCUT2D eigenvalue weighted by atomic mass is 10.1. The molecule has 8 nitrogen and oxygen atoms in total. The average Bonchev–Trinajstić information content (AvgIpc) is 2.45. The summed E-state index contributed by atoms with van der Waals surface area (Å²) in [4.78, 5) is 22.7. The Balaban J connectivity index is 3.97. The highest BCUT2D eigenvalue weighted by molar-refractivity contribution is 5.70. The quantitative estimate of drug-likeness (QED) is 0.218. The zero-order valence-electron chi connectivity index (χ0n) is 13.5. The standard InChI is InChI=1S/C15H28O8/c1-2-3-4-5-6-9-12(16)22-11(14(18)19)8-7-10-13(17)23-15(20)21/h11,14-15,18-21H,2-10H2,1H3. The Hall–Kier alpha value is -1.22. The topological polar surface area (TPSA) is 134 Å². The summed E-state index contributed by atoms with van der Waals surface area (Å²) < 4.78 is 9.09. The summed E-state index contributed by atoms with van der Waals surface area (Å²) in [5.41, 5.74) is 0. The number of carbonyl (C=O) groups excluding carboxylic acids is 2. The van der Waals surface area contributed by atoms with Crippen molar-refractivity contribution < 1.29 is 39.5 Å². The van der Waals surface area contributed by atoms with Crippen LogP contribution in [0.25, 0.3) is 0 Å². The molecular weight excluding hydrogens is 308 g/mol. The summed E-state index contributed by atoms with van der Waals surface area (Å²) in [6.45, 7) is -0.0781. The number of rotatable bonds is 13. The molecule has 0 saturated heterocycles. The fourth-order valence-corrected chi connectivity index (χ4v) is 1.99. The van der Waals surface area contributed by atoms with Gasteiger partial charge in [0.25, 0.3) is 0 Å². The fourth-order valence-electron chi connectivity index (χ4n) is 1.99. The molecule has 8 heteroatoms. The van der Waals surface area contributed by atoms with Gasteiger partial charge in [-0.1, -0.05) is 32.6 Å². The monoisotopic (exact) mass is 336 g/mol. The van der Waals surface area contributed by atoms with Crippen LogP contribution in [0.4, 0.5) is 0 Å². The van der Waals surface area contributed by atoms with Crippen molar-refractivity contribution in [3.05, 3.63) is 0 Å². The van der Waals surface area contributed by atoms with Crippen LogP contribution in [0.5, 0.6) is 0 Å². The first-order chi connectivity index (χ1) is 10.9. The van der Waals surface area contributed by atoms with Gasteiger partial charge in [-0.25, -0.2) is 0 Å². The molecule has 0 amide bonds. The molecule has 0 spiro atoms. The maximum Gasteiger partial charge on any atom is 0.313 e. The molecule has 0 aliphatic heterocycles. The molecule has 0 aromatic rings. The Morgan fingerprint density at radius 2 is 1.39 bits per heavy atom. The van der Waals surface area contributed by atoms with E-state index in [0.717, 1.165) is 25.7 Å². The minimum atomic E-state index is -2.17. The number of aliphatic hydroxyl groups excluding tert-OH is 2. The second-order valence-electron chi connectivity index (χ2n) is 5.31. The van der Waals surface area contributed by atoms with Crippen molar-refractivity contribution in [2.24, 2.45) is 0 Å². The van der Waals surface area contributed by atoms with E-state index in [9.17, 15) is 19.8 Å². The molecule has 1 atom stereocenters. The zero-order valence-corrected chi connectivity index (χ0v) is 13.5. The maximum absolute atomic E-state index is 11.6. The van der Waals surface area contributed by atoms with Gasteiger partial charge >= 0.3 is 18.4 Å². The zero-order chi connectivity index (χ0) is 17.7. The number of carbonyl (C=O) groups is 2. The summed E-state index contributed by atoms with van der Waals surface area (Å²) >= 11 is 0. The van der Waals surface area contributed by atoms with E-state index in [1.165, 1.54) is 0 Å². The van der Waals surface area contributed by atoms with Crippen molar-refractivity contribution >= 4 is 11.9 Å². The first-order valence-corrected chi connectivity index (χ1v) is 7.98. The molecule has 0 aliphatic rings. The molecule has 23 heavy (non-hydrogen) atoms. The predicted octanol–water partition coefficient (Wildman–Crippen LogP) is 0.551. The van der Waals surface area contributed by atoms with Crippen LogP contribution >= 0.6 is 0 Å². The molecule has 0 radical (unpaired) electrons. The molecule has 0 aromatic heterocycles. The van der Waals surface area contributed by atoms with Crippen LogP contribution in [-0.2, 0) is 19.1 Å². The Labute approximate surface area is 136 Å². The van der Waals surface area contributed by atoms with Crippen LogP contribution in [0, 0.1) is 0 Å². The first-order valence-electron chi connectivity index (χ1n) is 7.98. The average molecular weight is 336 g/mol. The van der Waals surface area contributed by atoms with Gasteiger partial charge in [-0.15, -0.1) is 0 Å². The highest BCUT2D eigenvalue weighted by Gasteiger charge is 2.21. The Bertz CT molecular complexity index is 329. The molecule has 0 fully saturated rings. The maximum atomic E-state index is 11.6. The Morgan fingerprint density at radius 1 is 0.826 bits per heavy atom. The van der Waals surface area contributed by atoms with Gasteiger partial charge in [0.15, 0.2) is 12.4 Å². The highest BCUT2D eigenvalue weighted by atomic mass is 16.7. The van der Waals surface area contributed by atoms with E-state index < -0.39 is 30.8 Å². The molecule has 4 N–H and O–H groups in total. The molecule has 0 saturated carbocycles. The lowest BCUT2D eigenvalue weighted by Gasteiger charge is -2.19. The molecule has 0 aliphatic carbocycles. The van der Waals surface area contributed by atoms with E-state index in [-0.39, 0.29) is 25.7 Å². The molecule has 1 unspecified atom stereocenters. The third-order valence-corrected chi connectivity index (χ3v) is 3.21. The van der Waals surface area contributed by atoms with Gasteiger partial charge in [0.1, 0.15) is 0 Å².